The standard InChI is InChI=1S/C4H9NO.CHNO/c1-3-4(2)5-6;2-1-3/h6H,3H2,1-2H3;2H. The van der Waals surface area contributed by atoms with E-state index < -0.39 is 0 Å². The fourth-order valence-electron chi connectivity index (χ4n) is 0.0707. The van der Waals surface area contributed by atoms with Gasteiger partial charge in [-0.1, -0.05) is 12.1 Å². The van der Waals surface area contributed by atoms with Crippen LogP contribution in [0.15, 0.2) is 5.16 Å². The molecule has 4 nitrogen and oxygen atoms in total. The number of hydrogen-bond acceptors (Lipinski definition) is 4. The van der Waals surface area contributed by atoms with E-state index in [0.29, 0.717) is 0 Å². The monoisotopic (exact) mass is 130 g/mol. The molecule has 0 atom stereocenters. The van der Waals surface area contributed by atoms with Crippen LogP contribution in [0.3, 0.4) is 0 Å². The molecule has 0 aliphatic rings. The van der Waals surface area contributed by atoms with Gasteiger partial charge in [0.1, 0.15) is 0 Å². The molecule has 0 rings (SSSR count). The van der Waals surface area contributed by atoms with Crippen LogP contribution in [0.2, 0.25) is 0 Å². The SMILES string of the molecule is CCC(C)=NO.N=C=O. The summed E-state index contributed by atoms with van der Waals surface area (Å²) in [6, 6.07) is 0. The van der Waals surface area contributed by atoms with Crippen LogP contribution >= 0.6 is 0 Å². The normalized spacial score (nSPS) is 8.89. The summed E-state index contributed by atoms with van der Waals surface area (Å²) >= 11 is 0. The lowest BCUT2D eigenvalue weighted by Gasteiger charge is -1.81. The van der Waals surface area contributed by atoms with E-state index in [2.05, 4.69) is 5.16 Å². The highest BCUT2D eigenvalue weighted by atomic mass is 16.4. The van der Waals surface area contributed by atoms with Gasteiger partial charge >= 0.3 is 0 Å². The van der Waals surface area contributed by atoms with Crippen LogP contribution in [0, 0.1) is 5.41 Å². The summed E-state index contributed by atoms with van der Waals surface area (Å²) in [4.78, 5) is 8.35. The molecule has 0 amide bonds. The molecule has 0 aromatic heterocycles. The van der Waals surface area contributed by atoms with E-state index in [1.165, 1.54) is 0 Å². The molecule has 9 heavy (non-hydrogen) atoms. The fourth-order valence-corrected chi connectivity index (χ4v) is 0.0707. The summed E-state index contributed by atoms with van der Waals surface area (Å²) in [6.07, 6.45) is 1.58. The van der Waals surface area contributed by atoms with E-state index in [0.717, 1.165) is 18.2 Å². The average Bonchev–Trinajstić information content (AvgIpc) is 1.88. The molecule has 0 spiro atoms. The number of nitrogens with one attached hydrogen (secondary N) is 1. The first-order valence-electron chi connectivity index (χ1n) is 2.44. The van der Waals surface area contributed by atoms with E-state index in [1.54, 1.807) is 6.92 Å². The van der Waals surface area contributed by atoms with Gasteiger partial charge in [0.05, 0.1) is 5.71 Å². The highest BCUT2D eigenvalue weighted by Crippen LogP contribution is 1.78. The maximum absolute atomic E-state index is 8.35. The first-order valence-corrected chi connectivity index (χ1v) is 2.44. The highest BCUT2D eigenvalue weighted by Gasteiger charge is 1.77. The quantitative estimate of drug-likeness (QED) is 0.242. The van der Waals surface area contributed by atoms with Gasteiger partial charge in [0.25, 0.3) is 0 Å². The third-order valence-electron chi connectivity index (χ3n) is 0.682. The number of oxime groups is 1. The zero-order chi connectivity index (χ0) is 7.70. The van der Waals surface area contributed by atoms with Crippen molar-refractivity contribution in [1.29, 1.82) is 5.41 Å². The molecule has 52 valence electrons. The van der Waals surface area contributed by atoms with Crippen molar-refractivity contribution >= 4 is 11.8 Å². The smallest absolute Gasteiger partial charge is 0.231 e. The van der Waals surface area contributed by atoms with E-state index in [-0.39, 0.29) is 0 Å². The summed E-state index contributed by atoms with van der Waals surface area (Å²) in [5.41, 5.74) is 0.773. The van der Waals surface area contributed by atoms with Crippen LogP contribution in [0.1, 0.15) is 20.3 Å². The molecule has 0 aromatic carbocycles. The third kappa shape index (κ3) is 19.8. The van der Waals surface area contributed by atoms with E-state index >= 15 is 0 Å². The third-order valence-corrected chi connectivity index (χ3v) is 0.682. The van der Waals surface area contributed by atoms with Gasteiger partial charge in [-0.15, -0.1) is 0 Å². The van der Waals surface area contributed by atoms with Crippen molar-refractivity contribution in [2.24, 2.45) is 5.16 Å². The Morgan fingerprint density at radius 3 is 2.22 bits per heavy atom. The van der Waals surface area contributed by atoms with Gasteiger partial charge in [0.2, 0.25) is 6.08 Å². The van der Waals surface area contributed by atoms with Crippen molar-refractivity contribution in [3.63, 3.8) is 0 Å². The molecular formula is C5H10N2O2. The Morgan fingerprint density at radius 1 is 1.89 bits per heavy atom. The number of hydrogen-bond donors (Lipinski definition) is 2. The largest absolute Gasteiger partial charge is 0.411 e. The topological polar surface area (TPSA) is 73.5 Å². The molecule has 0 bridgehead atoms. The summed E-state index contributed by atoms with van der Waals surface area (Å²) in [6.45, 7) is 3.72. The van der Waals surface area contributed by atoms with Gasteiger partial charge in [0, 0.05) is 0 Å². The van der Waals surface area contributed by atoms with Gasteiger partial charge in [-0.05, 0) is 13.3 Å². The summed E-state index contributed by atoms with van der Waals surface area (Å²) in [5, 5.41) is 16.2. The van der Waals surface area contributed by atoms with Gasteiger partial charge in [-0.2, -0.15) is 0 Å². The van der Waals surface area contributed by atoms with Crippen LogP contribution < -0.4 is 0 Å². The van der Waals surface area contributed by atoms with Crippen LogP contribution in [0.5, 0.6) is 0 Å². The molecule has 0 saturated heterocycles. The molecular weight excluding hydrogens is 120 g/mol. The van der Waals surface area contributed by atoms with Crippen molar-refractivity contribution < 1.29 is 10.0 Å². The number of carbonyl (C=O) groups excluding carboxylic acids is 1. The maximum atomic E-state index is 8.35. The minimum Gasteiger partial charge on any atom is -0.411 e. The molecule has 0 fully saturated rings. The second-order valence-electron chi connectivity index (χ2n) is 1.29. The molecule has 0 radical (unpaired) electrons. The minimum atomic E-state index is 0.750. The molecule has 0 aliphatic carbocycles. The van der Waals surface area contributed by atoms with Crippen molar-refractivity contribution in [1.82, 2.24) is 0 Å². The Kier molecular flexibility index (Phi) is 11.9. The molecule has 0 unspecified atom stereocenters. The lowest BCUT2D eigenvalue weighted by molar-refractivity contribution is 0.317. The zero-order valence-corrected chi connectivity index (χ0v) is 5.51. The van der Waals surface area contributed by atoms with Crippen LogP contribution in [-0.2, 0) is 4.79 Å². The Morgan fingerprint density at radius 2 is 2.22 bits per heavy atom. The lowest BCUT2D eigenvalue weighted by atomic mass is 10.3. The highest BCUT2D eigenvalue weighted by molar-refractivity contribution is 5.80. The zero-order valence-electron chi connectivity index (χ0n) is 5.51. The van der Waals surface area contributed by atoms with E-state index in [9.17, 15) is 0 Å². The van der Waals surface area contributed by atoms with Gasteiger partial charge in [-0.3, -0.25) is 0 Å². The first kappa shape index (κ1) is 10.8. The maximum Gasteiger partial charge on any atom is 0.231 e. The molecule has 0 heterocycles. The van der Waals surface area contributed by atoms with E-state index in [4.69, 9.17) is 15.4 Å². The molecule has 4 heteroatoms. The first-order chi connectivity index (χ1) is 4.22. The Labute approximate surface area is 53.7 Å². The molecule has 0 aliphatic heterocycles. The molecule has 2 N–H and O–H groups in total. The van der Waals surface area contributed by atoms with Crippen molar-refractivity contribution in [3.05, 3.63) is 0 Å². The molecule has 0 saturated carbocycles. The average molecular weight is 130 g/mol. The Hall–Kier alpha value is -1.15. The van der Waals surface area contributed by atoms with Gasteiger partial charge in [0.15, 0.2) is 0 Å². The van der Waals surface area contributed by atoms with Crippen molar-refractivity contribution in [3.8, 4) is 0 Å². The van der Waals surface area contributed by atoms with Gasteiger partial charge in [-0.25, -0.2) is 10.2 Å². The lowest BCUT2D eigenvalue weighted by Crippen LogP contribution is -1.83. The van der Waals surface area contributed by atoms with Crippen LogP contribution in [0.25, 0.3) is 0 Å². The fraction of sp³-hybridized carbons (Fsp3) is 0.600. The second kappa shape index (κ2) is 9.97. The molecule has 0 aromatic rings. The van der Waals surface area contributed by atoms with E-state index in [1.807, 2.05) is 6.92 Å². The Bertz CT molecular complexity index is 114. The van der Waals surface area contributed by atoms with Crippen molar-refractivity contribution in [2.75, 3.05) is 0 Å². The van der Waals surface area contributed by atoms with Crippen molar-refractivity contribution in [2.45, 2.75) is 20.3 Å². The summed E-state index contributed by atoms with van der Waals surface area (Å²) in [7, 11) is 0. The minimum absolute atomic E-state index is 0.750. The number of isocyanates is 1. The van der Waals surface area contributed by atoms with Gasteiger partial charge < -0.3 is 5.21 Å². The number of nitrogens with zero attached hydrogens (tertiary/aromatic N) is 1. The Balaban J connectivity index is 0. The summed E-state index contributed by atoms with van der Waals surface area (Å²) in [5.74, 6) is 0. The van der Waals surface area contributed by atoms with Crippen LogP contribution in [0.4, 0.5) is 0 Å². The predicted molar refractivity (Wildman–Crippen MR) is 33.6 cm³/mol. The second-order valence-corrected chi connectivity index (χ2v) is 1.29. The predicted octanol–water partition coefficient (Wildman–Crippen LogP) is 1.15. The summed E-state index contributed by atoms with van der Waals surface area (Å²) < 4.78 is 0. The number of rotatable bonds is 1. The van der Waals surface area contributed by atoms with Crippen LogP contribution in [-0.4, -0.2) is 17.0 Å².